The molecular formula is C13H19N3O3. The van der Waals surface area contributed by atoms with Crippen LogP contribution in [0.3, 0.4) is 0 Å². The number of hydrogen-bond acceptors (Lipinski definition) is 6. The lowest BCUT2D eigenvalue weighted by Gasteiger charge is -2.35. The minimum Gasteiger partial charge on any atom is -0.495 e. The predicted molar refractivity (Wildman–Crippen MR) is 71.4 cm³/mol. The highest BCUT2D eigenvalue weighted by atomic mass is 16.5. The zero-order valence-electron chi connectivity index (χ0n) is 11.3. The standard InChI is InChI=1S/C13H19N3O3/c1-3-19-13(17)11-9-14-6-7-16(11)12-5-4-10(18-2)8-15-12/h4-5,8,11,14H,3,6-7,9H2,1-2H3. The predicted octanol–water partition coefficient (Wildman–Crippen LogP) is 0.431. The second-order valence-electron chi connectivity index (χ2n) is 4.22. The molecule has 0 saturated carbocycles. The number of methoxy groups -OCH3 is 1. The number of carbonyl (C=O) groups excluding carboxylic acids is 1. The second-order valence-corrected chi connectivity index (χ2v) is 4.22. The summed E-state index contributed by atoms with van der Waals surface area (Å²) >= 11 is 0. The van der Waals surface area contributed by atoms with E-state index in [1.54, 1.807) is 13.3 Å². The molecule has 0 radical (unpaired) electrons. The summed E-state index contributed by atoms with van der Waals surface area (Å²) in [6.45, 7) is 4.32. The molecule has 1 unspecified atom stereocenters. The molecule has 6 heteroatoms. The number of carbonyl (C=O) groups is 1. The molecule has 1 N–H and O–H groups in total. The molecule has 1 aromatic heterocycles. The molecule has 1 aliphatic rings. The smallest absolute Gasteiger partial charge is 0.330 e. The monoisotopic (exact) mass is 265 g/mol. The highest BCUT2D eigenvalue weighted by Gasteiger charge is 2.30. The van der Waals surface area contributed by atoms with Gasteiger partial charge in [0.25, 0.3) is 0 Å². The van der Waals surface area contributed by atoms with Gasteiger partial charge in [0, 0.05) is 19.6 Å². The SMILES string of the molecule is CCOC(=O)C1CNCCN1c1ccc(OC)cn1. The van der Waals surface area contributed by atoms with E-state index >= 15 is 0 Å². The molecule has 2 heterocycles. The van der Waals surface area contributed by atoms with E-state index in [0.29, 0.717) is 18.9 Å². The fraction of sp³-hybridized carbons (Fsp3) is 0.538. The van der Waals surface area contributed by atoms with E-state index < -0.39 is 0 Å². The van der Waals surface area contributed by atoms with Crippen LogP contribution in [0.15, 0.2) is 18.3 Å². The van der Waals surface area contributed by atoms with Crippen LogP contribution in [0.4, 0.5) is 5.82 Å². The number of esters is 1. The number of ether oxygens (including phenoxy) is 2. The Morgan fingerprint density at radius 2 is 2.42 bits per heavy atom. The van der Waals surface area contributed by atoms with E-state index in [-0.39, 0.29) is 12.0 Å². The maximum atomic E-state index is 11.9. The number of anilines is 1. The van der Waals surface area contributed by atoms with Crippen LogP contribution in [0.25, 0.3) is 0 Å². The maximum absolute atomic E-state index is 11.9. The van der Waals surface area contributed by atoms with E-state index in [4.69, 9.17) is 9.47 Å². The maximum Gasteiger partial charge on any atom is 0.330 e. The fourth-order valence-electron chi connectivity index (χ4n) is 2.09. The Labute approximate surface area is 112 Å². The van der Waals surface area contributed by atoms with Crippen molar-refractivity contribution in [3.63, 3.8) is 0 Å². The van der Waals surface area contributed by atoms with Gasteiger partial charge in [-0.05, 0) is 19.1 Å². The highest BCUT2D eigenvalue weighted by molar-refractivity contribution is 5.80. The van der Waals surface area contributed by atoms with Crippen molar-refractivity contribution in [1.29, 1.82) is 0 Å². The van der Waals surface area contributed by atoms with Crippen LogP contribution in [-0.2, 0) is 9.53 Å². The lowest BCUT2D eigenvalue weighted by molar-refractivity contribution is -0.144. The molecule has 104 valence electrons. The molecule has 0 bridgehead atoms. The van der Waals surface area contributed by atoms with Crippen LogP contribution in [0.2, 0.25) is 0 Å². The Morgan fingerprint density at radius 1 is 1.58 bits per heavy atom. The Morgan fingerprint density at radius 3 is 3.05 bits per heavy atom. The molecule has 1 fully saturated rings. The normalized spacial score (nSPS) is 19.1. The summed E-state index contributed by atoms with van der Waals surface area (Å²) in [4.78, 5) is 18.2. The van der Waals surface area contributed by atoms with E-state index in [0.717, 1.165) is 18.9 Å². The highest BCUT2D eigenvalue weighted by Crippen LogP contribution is 2.19. The lowest BCUT2D eigenvalue weighted by atomic mass is 10.2. The third kappa shape index (κ3) is 3.14. The number of nitrogens with one attached hydrogen (secondary N) is 1. The van der Waals surface area contributed by atoms with Crippen LogP contribution in [0, 0.1) is 0 Å². The third-order valence-electron chi connectivity index (χ3n) is 3.05. The number of aromatic nitrogens is 1. The van der Waals surface area contributed by atoms with Crippen molar-refractivity contribution in [3.05, 3.63) is 18.3 Å². The van der Waals surface area contributed by atoms with Crippen molar-refractivity contribution in [2.45, 2.75) is 13.0 Å². The first-order valence-corrected chi connectivity index (χ1v) is 6.40. The fourth-order valence-corrected chi connectivity index (χ4v) is 2.09. The molecule has 0 spiro atoms. The summed E-state index contributed by atoms with van der Waals surface area (Å²) in [6.07, 6.45) is 1.65. The molecule has 6 nitrogen and oxygen atoms in total. The van der Waals surface area contributed by atoms with Gasteiger partial charge in [0.2, 0.25) is 0 Å². The van der Waals surface area contributed by atoms with Crippen LogP contribution in [0.1, 0.15) is 6.92 Å². The van der Waals surface area contributed by atoms with Crippen LogP contribution in [0.5, 0.6) is 5.75 Å². The molecule has 19 heavy (non-hydrogen) atoms. The van der Waals surface area contributed by atoms with Crippen LogP contribution in [-0.4, -0.2) is 50.3 Å². The molecule has 2 rings (SSSR count). The Bertz CT molecular complexity index is 422. The third-order valence-corrected chi connectivity index (χ3v) is 3.05. The van der Waals surface area contributed by atoms with Gasteiger partial charge in [-0.1, -0.05) is 0 Å². The van der Waals surface area contributed by atoms with Crippen LogP contribution < -0.4 is 15.0 Å². The van der Waals surface area contributed by atoms with Crippen molar-refractivity contribution in [1.82, 2.24) is 10.3 Å². The zero-order chi connectivity index (χ0) is 13.7. The summed E-state index contributed by atoms with van der Waals surface area (Å²) in [5, 5.41) is 3.20. The number of nitrogens with zero attached hydrogens (tertiary/aromatic N) is 2. The minimum absolute atomic E-state index is 0.215. The van der Waals surface area contributed by atoms with Crippen molar-refractivity contribution in [2.75, 3.05) is 38.3 Å². The number of piperazine rings is 1. The van der Waals surface area contributed by atoms with Crippen molar-refractivity contribution in [3.8, 4) is 5.75 Å². The summed E-state index contributed by atoms with van der Waals surface area (Å²) < 4.78 is 10.2. The molecule has 1 saturated heterocycles. The van der Waals surface area contributed by atoms with Gasteiger partial charge in [0.05, 0.1) is 19.9 Å². The molecular weight excluding hydrogens is 246 g/mol. The average molecular weight is 265 g/mol. The van der Waals surface area contributed by atoms with Crippen molar-refractivity contribution in [2.24, 2.45) is 0 Å². The first-order valence-electron chi connectivity index (χ1n) is 6.40. The Kier molecular flexibility index (Phi) is 4.57. The van der Waals surface area contributed by atoms with E-state index in [1.165, 1.54) is 0 Å². The van der Waals surface area contributed by atoms with Crippen molar-refractivity contribution < 1.29 is 14.3 Å². The Hall–Kier alpha value is -1.82. The second kappa shape index (κ2) is 6.38. The average Bonchev–Trinajstić information content (AvgIpc) is 2.47. The van der Waals surface area contributed by atoms with Gasteiger partial charge >= 0.3 is 5.97 Å². The van der Waals surface area contributed by atoms with Gasteiger partial charge in [0.1, 0.15) is 17.6 Å². The van der Waals surface area contributed by atoms with Gasteiger partial charge in [0.15, 0.2) is 0 Å². The zero-order valence-corrected chi connectivity index (χ0v) is 11.3. The lowest BCUT2D eigenvalue weighted by Crippen LogP contribution is -2.55. The van der Waals surface area contributed by atoms with E-state index in [1.807, 2.05) is 24.0 Å². The molecule has 0 aliphatic carbocycles. The summed E-state index contributed by atoms with van der Waals surface area (Å²) in [5.41, 5.74) is 0. The van der Waals surface area contributed by atoms with E-state index in [2.05, 4.69) is 10.3 Å². The minimum atomic E-state index is -0.324. The Balaban J connectivity index is 2.15. The van der Waals surface area contributed by atoms with Gasteiger partial charge in [-0.15, -0.1) is 0 Å². The van der Waals surface area contributed by atoms with Gasteiger partial charge in [-0.25, -0.2) is 9.78 Å². The van der Waals surface area contributed by atoms with E-state index in [9.17, 15) is 4.79 Å². The topological polar surface area (TPSA) is 63.7 Å². The van der Waals surface area contributed by atoms with Crippen LogP contribution >= 0.6 is 0 Å². The van der Waals surface area contributed by atoms with Gasteiger partial charge < -0.3 is 19.7 Å². The number of hydrogen-bond donors (Lipinski definition) is 1. The first-order chi connectivity index (χ1) is 9.26. The number of rotatable bonds is 4. The van der Waals surface area contributed by atoms with Gasteiger partial charge in [-0.3, -0.25) is 0 Å². The molecule has 1 aromatic rings. The molecule has 1 aliphatic heterocycles. The van der Waals surface area contributed by atoms with Gasteiger partial charge in [-0.2, -0.15) is 0 Å². The quantitative estimate of drug-likeness (QED) is 0.797. The summed E-state index contributed by atoms with van der Waals surface area (Å²) in [7, 11) is 1.60. The largest absolute Gasteiger partial charge is 0.495 e. The molecule has 0 amide bonds. The summed E-state index contributed by atoms with van der Waals surface area (Å²) in [5.74, 6) is 1.25. The molecule has 1 atom stereocenters. The number of pyridine rings is 1. The molecule has 0 aromatic carbocycles. The summed E-state index contributed by atoms with van der Waals surface area (Å²) in [6, 6.07) is 3.37. The first kappa shape index (κ1) is 13.6. The van der Waals surface area contributed by atoms with Crippen molar-refractivity contribution >= 4 is 11.8 Å².